The first-order chi connectivity index (χ1) is 14.0. The molecule has 0 saturated carbocycles. The topological polar surface area (TPSA) is 58.6 Å². The highest BCUT2D eigenvalue weighted by molar-refractivity contribution is 5.77. The average molecular weight is 397 g/mol. The van der Waals surface area contributed by atoms with E-state index in [4.69, 9.17) is 14.7 Å². The molecule has 1 saturated heterocycles. The van der Waals surface area contributed by atoms with Crippen molar-refractivity contribution in [2.75, 3.05) is 44.8 Å². The fourth-order valence-electron chi connectivity index (χ4n) is 3.88. The zero-order valence-electron chi connectivity index (χ0n) is 18.1. The van der Waals surface area contributed by atoms with Crippen molar-refractivity contribution < 1.29 is 9.53 Å². The summed E-state index contributed by atoms with van der Waals surface area (Å²) < 4.78 is 5.02. The van der Waals surface area contributed by atoms with E-state index >= 15 is 0 Å². The van der Waals surface area contributed by atoms with Gasteiger partial charge in [-0.3, -0.25) is 4.79 Å². The van der Waals surface area contributed by atoms with Crippen molar-refractivity contribution >= 4 is 11.7 Å². The number of aromatic nitrogens is 2. The quantitative estimate of drug-likeness (QED) is 0.751. The third-order valence-corrected chi connectivity index (χ3v) is 5.44. The molecule has 1 aromatic heterocycles. The Morgan fingerprint density at radius 2 is 1.83 bits per heavy atom. The average Bonchev–Trinajstić information content (AvgIpc) is 2.97. The SMILES string of the molecule is CCc1nc(C)nc(N2CCCN(C(=O)COC)CC2)c1Cc1ccc(C)cc1. The number of ether oxygens (including phenoxy) is 1. The van der Waals surface area contributed by atoms with Crippen molar-refractivity contribution in [2.45, 2.75) is 40.0 Å². The maximum atomic E-state index is 12.2. The number of hydrogen-bond acceptors (Lipinski definition) is 5. The van der Waals surface area contributed by atoms with Crippen LogP contribution in [0, 0.1) is 13.8 Å². The van der Waals surface area contributed by atoms with E-state index in [1.54, 1.807) is 7.11 Å². The zero-order chi connectivity index (χ0) is 20.8. The van der Waals surface area contributed by atoms with E-state index in [2.05, 4.69) is 43.0 Å². The predicted octanol–water partition coefficient (Wildman–Crippen LogP) is 2.93. The number of carbonyl (C=O) groups is 1. The van der Waals surface area contributed by atoms with Crippen molar-refractivity contribution in [1.82, 2.24) is 14.9 Å². The van der Waals surface area contributed by atoms with E-state index in [0.717, 1.165) is 56.2 Å². The second-order valence-electron chi connectivity index (χ2n) is 7.69. The molecule has 156 valence electrons. The third kappa shape index (κ3) is 5.32. The van der Waals surface area contributed by atoms with Crippen molar-refractivity contribution in [1.29, 1.82) is 0 Å². The predicted molar refractivity (Wildman–Crippen MR) is 115 cm³/mol. The smallest absolute Gasteiger partial charge is 0.248 e. The van der Waals surface area contributed by atoms with Crippen molar-refractivity contribution in [2.24, 2.45) is 0 Å². The van der Waals surface area contributed by atoms with Gasteiger partial charge in [-0.1, -0.05) is 36.8 Å². The summed E-state index contributed by atoms with van der Waals surface area (Å²) in [6, 6.07) is 8.68. The van der Waals surface area contributed by atoms with Gasteiger partial charge in [-0.15, -0.1) is 0 Å². The summed E-state index contributed by atoms with van der Waals surface area (Å²) in [6.07, 6.45) is 2.62. The minimum absolute atomic E-state index is 0.0577. The molecular weight excluding hydrogens is 364 g/mol. The Kier molecular flexibility index (Phi) is 7.20. The number of carbonyl (C=O) groups excluding carboxylic acids is 1. The molecule has 2 heterocycles. The van der Waals surface area contributed by atoms with E-state index in [1.165, 1.54) is 16.7 Å². The number of methoxy groups -OCH3 is 1. The molecule has 0 atom stereocenters. The van der Waals surface area contributed by atoms with Gasteiger partial charge in [0, 0.05) is 51.0 Å². The largest absolute Gasteiger partial charge is 0.375 e. The van der Waals surface area contributed by atoms with Gasteiger partial charge in [0.15, 0.2) is 0 Å². The Morgan fingerprint density at radius 3 is 2.52 bits per heavy atom. The molecule has 0 spiro atoms. The third-order valence-electron chi connectivity index (χ3n) is 5.44. The summed E-state index contributed by atoms with van der Waals surface area (Å²) in [4.78, 5) is 26.1. The van der Waals surface area contributed by atoms with Crippen LogP contribution in [0.2, 0.25) is 0 Å². The van der Waals surface area contributed by atoms with Crippen LogP contribution in [-0.2, 0) is 22.4 Å². The molecule has 6 nitrogen and oxygen atoms in total. The molecule has 0 unspecified atom stereocenters. The lowest BCUT2D eigenvalue weighted by atomic mass is 10.0. The highest BCUT2D eigenvalue weighted by atomic mass is 16.5. The standard InChI is InChI=1S/C23H32N4O2/c1-5-21-20(15-19-9-7-17(2)8-10-19)23(25-18(3)24-21)27-12-6-11-26(13-14-27)22(28)16-29-4/h7-10H,5-6,11-16H2,1-4H3. The van der Waals surface area contributed by atoms with Gasteiger partial charge < -0.3 is 14.5 Å². The summed E-state index contributed by atoms with van der Waals surface area (Å²) >= 11 is 0. The minimum Gasteiger partial charge on any atom is -0.375 e. The summed E-state index contributed by atoms with van der Waals surface area (Å²) in [5.41, 5.74) is 4.85. The molecule has 1 aromatic carbocycles. The molecule has 0 bridgehead atoms. The van der Waals surface area contributed by atoms with E-state index in [1.807, 2.05) is 11.8 Å². The van der Waals surface area contributed by atoms with Gasteiger partial charge in [0.05, 0.1) is 0 Å². The van der Waals surface area contributed by atoms with Crippen LogP contribution in [0.25, 0.3) is 0 Å². The maximum Gasteiger partial charge on any atom is 0.248 e. The molecule has 1 aliphatic rings. The first-order valence-corrected chi connectivity index (χ1v) is 10.5. The van der Waals surface area contributed by atoms with Crippen LogP contribution >= 0.6 is 0 Å². The fourth-order valence-corrected chi connectivity index (χ4v) is 3.88. The fraction of sp³-hybridized carbons (Fsp3) is 0.522. The zero-order valence-corrected chi connectivity index (χ0v) is 18.1. The van der Waals surface area contributed by atoms with Gasteiger partial charge in [0.1, 0.15) is 18.2 Å². The van der Waals surface area contributed by atoms with Crippen molar-refractivity contribution in [3.63, 3.8) is 0 Å². The minimum atomic E-state index is 0.0577. The number of benzene rings is 1. The van der Waals surface area contributed by atoms with Gasteiger partial charge in [0.25, 0.3) is 0 Å². The number of anilines is 1. The summed E-state index contributed by atoms with van der Waals surface area (Å²) in [6.45, 7) is 9.48. The van der Waals surface area contributed by atoms with Crippen molar-refractivity contribution in [3.8, 4) is 0 Å². The molecule has 0 N–H and O–H groups in total. The highest BCUT2D eigenvalue weighted by Gasteiger charge is 2.23. The first-order valence-electron chi connectivity index (χ1n) is 10.5. The van der Waals surface area contributed by atoms with Crippen LogP contribution in [0.4, 0.5) is 5.82 Å². The van der Waals surface area contributed by atoms with Crippen LogP contribution in [0.1, 0.15) is 41.6 Å². The van der Waals surface area contributed by atoms with Crippen LogP contribution in [0.15, 0.2) is 24.3 Å². The molecule has 29 heavy (non-hydrogen) atoms. The summed E-state index contributed by atoms with van der Waals surface area (Å²) in [5, 5.41) is 0. The van der Waals surface area contributed by atoms with Crippen LogP contribution < -0.4 is 4.90 Å². The Bertz CT molecular complexity index is 836. The van der Waals surface area contributed by atoms with E-state index < -0.39 is 0 Å². The molecule has 1 amide bonds. The molecule has 1 fully saturated rings. The molecule has 1 aliphatic heterocycles. The Labute approximate surface area is 173 Å². The summed E-state index contributed by atoms with van der Waals surface area (Å²) in [5.74, 6) is 1.89. The molecular formula is C23H32N4O2. The molecule has 0 radical (unpaired) electrons. The molecule has 2 aromatic rings. The lowest BCUT2D eigenvalue weighted by molar-refractivity contribution is -0.134. The van der Waals surface area contributed by atoms with Crippen LogP contribution in [-0.4, -0.2) is 60.7 Å². The Balaban J connectivity index is 1.88. The number of hydrogen-bond donors (Lipinski definition) is 0. The number of nitrogens with zero attached hydrogens (tertiary/aromatic N) is 4. The van der Waals surface area contributed by atoms with Crippen molar-refractivity contribution in [3.05, 3.63) is 52.5 Å². The summed E-state index contributed by atoms with van der Waals surface area (Å²) in [7, 11) is 1.56. The van der Waals surface area contributed by atoms with Crippen LogP contribution in [0.5, 0.6) is 0 Å². The number of aryl methyl sites for hydroxylation is 3. The lowest BCUT2D eigenvalue weighted by Gasteiger charge is -2.26. The van der Waals surface area contributed by atoms with E-state index in [0.29, 0.717) is 6.54 Å². The molecule has 3 rings (SSSR count). The highest BCUT2D eigenvalue weighted by Crippen LogP contribution is 2.26. The Morgan fingerprint density at radius 1 is 1.07 bits per heavy atom. The van der Waals surface area contributed by atoms with E-state index in [9.17, 15) is 4.79 Å². The van der Waals surface area contributed by atoms with Gasteiger partial charge in [-0.05, 0) is 32.3 Å². The second kappa shape index (κ2) is 9.83. The number of amides is 1. The molecule has 6 heteroatoms. The van der Waals surface area contributed by atoms with Gasteiger partial charge >= 0.3 is 0 Å². The first kappa shape index (κ1) is 21.2. The van der Waals surface area contributed by atoms with Gasteiger partial charge in [0.2, 0.25) is 5.91 Å². The normalized spacial score (nSPS) is 14.8. The number of rotatable bonds is 6. The molecule has 0 aliphatic carbocycles. The van der Waals surface area contributed by atoms with Gasteiger partial charge in [-0.2, -0.15) is 0 Å². The van der Waals surface area contributed by atoms with Gasteiger partial charge in [-0.25, -0.2) is 9.97 Å². The Hall–Kier alpha value is -2.47. The monoisotopic (exact) mass is 396 g/mol. The maximum absolute atomic E-state index is 12.2. The van der Waals surface area contributed by atoms with Crippen LogP contribution in [0.3, 0.4) is 0 Å². The second-order valence-corrected chi connectivity index (χ2v) is 7.69. The lowest BCUT2D eigenvalue weighted by Crippen LogP contribution is -2.37. The van der Waals surface area contributed by atoms with E-state index in [-0.39, 0.29) is 12.5 Å².